The highest BCUT2D eigenvalue weighted by Gasteiger charge is 2.62. The molecule has 1 aromatic carbocycles. The van der Waals surface area contributed by atoms with Crippen LogP contribution >= 0.6 is 0 Å². The van der Waals surface area contributed by atoms with Crippen molar-refractivity contribution in [2.45, 2.75) is 92.6 Å². The van der Waals surface area contributed by atoms with Crippen molar-refractivity contribution in [3.05, 3.63) is 34.4 Å². The molecule has 1 aromatic rings. The summed E-state index contributed by atoms with van der Waals surface area (Å²) in [5.74, 6) is 3.22. The zero-order valence-electron chi connectivity index (χ0n) is 25.5. The van der Waals surface area contributed by atoms with E-state index in [1.54, 1.807) is 32.5 Å². The van der Waals surface area contributed by atoms with Crippen LogP contribution in [0.2, 0.25) is 0 Å². The first-order chi connectivity index (χ1) is 18.0. The maximum atomic E-state index is 6.36. The Morgan fingerprint density at radius 1 is 0.868 bits per heavy atom. The molecule has 4 rings (SSSR count). The number of aryl methyl sites for hydroxylation is 1. The summed E-state index contributed by atoms with van der Waals surface area (Å²) in [4.78, 5) is 0. The molecule has 3 aliphatic carbocycles. The van der Waals surface area contributed by atoms with Gasteiger partial charge in [0, 0.05) is 12.7 Å². The van der Waals surface area contributed by atoms with Crippen molar-refractivity contribution in [3.8, 4) is 11.5 Å². The normalized spacial score (nSPS) is 32.5. The van der Waals surface area contributed by atoms with Crippen molar-refractivity contribution >= 4 is 0 Å². The van der Waals surface area contributed by atoms with Gasteiger partial charge in [-0.3, -0.25) is 0 Å². The zero-order valence-corrected chi connectivity index (χ0v) is 25.5. The molecule has 0 aliphatic heterocycles. The van der Waals surface area contributed by atoms with E-state index in [2.05, 4.69) is 53.7 Å². The number of fused-ring (bicyclic) bond motifs is 3. The minimum absolute atomic E-state index is 0.114. The van der Waals surface area contributed by atoms with Crippen LogP contribution in [-0.2, 0) is 20.6 Å². The molecule has 0 radical (unpaired) electrons. The van der Waals surface area contributed by atoms with Gasteiger partial charge in [0.25, 0.3) is 0 Å². The van der Waals surface area contributed by atoms with Gasteiger partial charge in [-0.1, -0.05) is 38.8 Å². The lowest BCUT2D eigenvalue weighted by molar-refractivity contribution is -0.207. The van der Waals surface area contributed by atoms with Crippen LogP contribution in [0.1, 0.15) is 84.3 Å². The number of hydrogen-bond donors (Lipinski definition) is 0. The molecule has 214 valence electrons. The van der Waals surface area contributed by atoms with Gasteiger partial charge in [-0.15, -0.1) is 0 Å². The summed E-state index contributed by atoms with van der Waals surface area (Å²) < 4.78 is 28.7. The van der Waals surface area contributed by atoms with Crippen molar-refractivity contribution in [1.82, 2.24) is 0 Å². The second-order valence-electron chi connectivity index (χ2n) is 13.2. The maximum Gasteiger partial charge on any atom is 0.147 e. The molecule has 5 atom stereocenters. The maximum absolute atomic E-state index is 6.36. The van der Waals surface area contributed by atoms with E-state index in [1.807, 2.05) is 0 Å². The molecule has 0 bridgehead atoms. The molecule has 5 nitrogen and oxygen atoms in total. The number of benzene rings is 1. The highest BCUT2D eigenvalue weighted by Crippen LogP contribution is 2.68. The lowest BCUT2D eigenvalue weighted by Crippen LogP contribution is -2.60. The number of methoxy groups -OCH3 is 3. The van der Waals surface area contributed by atoms with Crippen LogP contribution in [0.5, 0.6) is 11.5 Å². The molecule has 0 spiro atoms. The Morgan fingerprint density at radius 3 is 2.32 bits per heavy atom. The smallest absolute Gasteiger partial charge is 0.147 e. The summed E-state index contributed by atoms with van der Waals surface area (Å²) in [5.41, 5.74) is 6.22. The minimum atomic E-state index is 0.114. The molecule has 2 fully saturated rings. The summed E-state index contributed by atoms with van der Waals surface area (Å²) in [6.07, 6.45) is 8.44. The van der Waals surface area contributed by atoms with Crippen molar-refractivity contribution < 1.29 is 23.7 Å². The fourth-order valence-corrected chi connectivity index (χ4v) is 9.06. The Balaban J connectivity index is 1.59. The summed E-state index contributed by atoms with van der Waals surface area (Å²) in [6, 6.07) is 4.26. The van der Waals surface area contributed by atoms with Crippen LogP contribution < -0.4 is 9.47 Å². The monoisotopic (exact) mass is 528 g/mol. The SMILES string of the molecule is COCCOCO[C@H]1CC[C@]2(C)[C@H]3CCC(C)=C(Cc4cc(OC)cc(C)c4OC)[C@]3(C)CC[C@H]2C1(C)C. The van der Waals surface area contributed by atoms with Crippen molar-refractivity contribution in [2.75, 3.05) is 41.3 Å². The van der Waals surface area contributed by atoms with Gasteiger partial charge in [0.1, 0.15) is 18.3 Å². The highest BCUT2D eigenvalue weighted by atomic mass is 16.7. The van der Waals surface area contributed by atoms with Crippen LogP contribution in [0.3, 0.4) is 0 Å². The topological polar surface area (TPSA) is 46.2 Å². The molecule has 0 heterocycles. The molecule has 5 heteroatoms. The lowest BCUT2D eigenvalue weighted by Gasteiger charge is -2.65. The van der Waals surface area contributed by atoms with Gasteiger partial charge in [-0.2, -0.15) is 0 Å². The van der Waals surface area contributed by atoms with Gasteiger partial charge in [0.2, 0.25) is 0 Å². The fraction of sp³-hybridized carbons (Fsp3) is 0.758. The number of rotatable bonds is 10. The quantitative estimate of drug-likeness (QED) is 0.178. The van der Waals surface area contributed by atoms with E-state index < -0.39 is 0 Å². The minimum Gasteiger partial charge on any atom is -0.497 e. The average molecular weight is 529 g/mol. The average Bonchev–Trinajstić information content (AvgIpc) is 2.86. The molecule has 3 aliphatic rings. The molecule has 0 amide bonds. The lowest BCUT2D eigenvalue weighted by atomic mass is 9.40. The molecule has 38 heavy (non-hydrogen) atoms. The predicted molar refractivity (Wildman–Crippen MR) is 153 cm³/mol. The molecular formula is C33H52O5. The Bertz CT molecular complexity index is 1010. The van der Waals surface area contributed by atoms with Gasteiger partial charge >= 0.3 is 0 Å². The van der Waals surface area contributed by atoms with E-state index in [1.165, 1.54) is 37.7 Å². The van der Waals surface area contributed by atoms with Crippen molar-refractivity contribution in [2.24, 2.45) is 28.1 Å². The Morgan fingerprint density at radius 2 is 1.63 bits per heavy atom. The van der Waals surface area contributed by atoms with Gasteiger partial charge in [-0.25, -0.2) is 0 Å². The van der Waals surface area contributed by atoms with Crippen molar-refractivity contribution in [1.29, 1.82) is 0 Å². The molecule has 0 aromatic heterocycles. The largest absolute Gasteiger partial charge is 0.497 e. The number of allylic oxidation sites excluding steroid dienone is 2. The van der Waals surface area contributed by atoms with Gasteiger partial charge < -0.3 is 23.7 Å². The first kappa shape index (κ1) is 29.4. The van der Waals surface area contributed by atoms with Gasteiger partial charge in [0.15, 0.2) is 0 Å². The van der Waals surface area contributed by atoms with Crippen LogP contribution in [0.25, 0.3) is 0 Å². The van der Waals surface area contributed by atoms with Crippen LogP contribution in [0.15, 0.2) is 23.3 Å². The summed E-state index contributed by atoms with van der Waals surface area (Å²) in [5, 5.41) is 0. The molecule has 2 saturated carbocycles. The van der Waals surface area contributed by atoms with E-state index in [4.69, 9.17) is 23.7 Å². The summed E-state index contributed by atoms with van der Waals surface area (Å²) >= 11 is 0. The second-order valence-corrected chi connectivity index (χ2v) is 13.2. The van der Waals surface area contributed by atoms with Crippen LogP contribution in [-0.4, -0.2) is 47.4 Å². The third-order valence-electron chi connectivity index (χ3n) is 10.9. The van der Waals surface area contributed by atoms with E-state index in [0.717, 1.165) is 29.9 Å². The zero-order chi connectivity index (χ0) is 27.7. The summed E-state index contributed by atoms with van der Waals surface area (Å²) in [6.45, 7) is 16.1. The molecule has 0 unspecified atom stereocenters. The Kier molecular flexibility index (Phi) is 8.91. The van der Waals surface area contributed by atoms with Gasteiger partial charge in [-0.05, 0) is 105 Å². The first-order valence-electron chi connectivity index (χ1n) is 14.6. The van der Waals surface area contributed by atoms with E-state index in [-0.39, 0.29) is 16.9 Å². The standard InChI is InChI=1S/C33H52O5/c1-22-10-11-28-32(5,26(22)20-24-19-25(35-8)18-23(2)30(24)36-9)14-12-27-31(3,4)29(13-15-33(27,28)6)38-21-37-17-16-34-7/h18-19,27-29H,10-17,20-21H2,1-9H3/t27-,28-,29-,32-,33-/m0/s1. The summed E-state index contributed by atoms with van der Waals surface area (Å²) in [7, 11) is 5.25. The van der Waals surface area contributed by atoms with Crippen LogP contribution in [0.4, 0.5) is 0 Å². The number of hydrogen-bond acceptors (Lipinski definition) is 5. The van der Waals surface area contributed by atoms with Crippen molar-refractivity contribution in [3.63, 3.8) is 0 Å². The predicted octanol–water partition coefficient (Wildman–Crippen LogP) is 7.53. The highest BCUT2D eigenvalue weighted by molar-refractivity contribution is 5.49. The Labute approximate surface area is 231 Å². The second kappa shape index (κ2) is 11.5. The van der Waals surface area contributed by atoms with Crippen LogP contribution in [0, 0.1) is 35.0 Å². The third kappa shape index (κ3) is 5.15. The fourth-order valence-electron chi connectivity index (χ4n) is 9.06. The van der Waals surface area contributed by atoms with E-state index in [9.17, 15) is 0 Å². The number of ether oxygens (including phenoxy) is 5. The third-order valence-corrected chi connectivity index (χ3v) is 10.9. The molecular weight excluding hydrogens is 476 g/mol. The van der Waals surface area contributed by atoms with Gasteiger partial charge in [0.05, 0.1) is 33.5 Å². The van der Waals surface area contributed by atoms with E-state index in [0.29, 0.717) is 37.3 Å². The Hall–Kier alpha value is -1.56. The first-order valence-corrected chi connectivity index (χ1v) is 14.6. The van der Waals surface area contributed by atoms with E-state index >= 15 is 0 Å². The molecule has 0 N–H and O–H groups in total. The molecule has 0 saturated heterocycles.